The van der Waals surface area contributed by atoms with Crippen molar-refractivity contribution in [1.29, 1.82) is 0 Å². The van der Waals surface area contributed by atoms with Crippen LogP contribution in [0.2, 0.25) is 0 Å². The van der Waals surface area contributed by atoms with Crippen molar-refractivity contribution >= 4 is 28.8 Å². The Hall–Kier alpha value is -1.82. The van der Waals surface area contributed by atoms with Crippen LogP contribution in [-0.2, 0) is 12.4 Å². The minimum absolute atomic E-state index is 0.298. The van der Waals surface area contributed by atoms with Crippen molar-refractivity contribution in [2.24, 2.45) is 5.73 Å². The van der Waals surface area contributed by atoms with Crippen molar-refractivity contribution in [2.45, 2.75) is 19.3 Å². The molecule has 2 amide bonds. The van der Waals surface area contributed by atoms with Gasteiger partial charge in [0.25, 0.3) is 0 Å². The number of amides is 2. The molecule has 18 heavy (non-hydrogen) atoms. The predicted octanol–water partition coefficient (Wildman–Crippen LogP) is 1.15. The minimum Gasteiger partial charge on any atom is -0.352 e. The number of hydrogen-bond acceptors (Lipinski definition) is 3. The average Bonchev–Trinajstić information content (AvgIpc) is 2.66. The second-order valence-corrected chi connectivity index (χ2v) is 4.17. The Morgan fingerprint density at radius 1 is 1.50 bits per heavy atom. The summed E-state index contributed by atoms with van der Waals surface area (Å²) in [5, 5.41) is 2.53. The number of urea groups is 1. The number of halogens is 1. The Labute approximate surface area is 109 Å². The second kappa shape index (κ2) is 5.22. The highest BCUT2D eigenvalue weighted by Gasteiger charge is 2.11. The van der Waals surface area contributed by atoms with E-state index in [-0.39, 0.29) is 0 Å². The van der Waals surface area contributed by atoms with Crippen LogP contribution in [0.5, 0.6) is 0 Å². The van der Waals surface area contributed by atoms with Crippen molar-refractivity contribution < 1.29 is 4.79 Å². The first kappa shape index (κ1) is 12.6. The van der Waals surface area contributed by atoms with E-state index in [1.807, 2.05) is 23.6 Å². The van der Waals surface area contributed by atoms with Gasteiger partial charge in [-0.3, -0.25) is 0 Å². The maximum atomic E-state index is 10.6. The van der Waals surface area contributed by atoms with E-state index in [0.717, 1.165) is 22.7 Å². The van der Waals surface area contributed by atoms with Gasteiger partial charge >= 0.3 is 6.03 Å². The summed E-state index contributed by atoms with van der Waals surface area (Å²) in [4.78, 5) is 19.5. The molecule has 3 N–H and O–H groups in total. The van der Waals surface area contributed by atoms with Crippen LogP contribution in [0.3, 0.4) is 0 Å². The van der Waals surface area contributed by atoms with E-state index in [9.17, 15) is 4.79 Å². The summed E-state index contributed by atoms with van der Waals surface area (Å²) >= 11 is 5.86. The lowest BCUT2D eigenvalue weighted by molar-refractivity contribution is 0.248. The molecule has 0 aliphatic heterocycles. The summed E-state index contributed by atoms with van der Waals surface area (Å²) < 4.78 is 1.89. The lowest BCUT2D eigenvalue weighted by Crippen LogP contribution is -2.32. The standard InChI is InChI=1S/C11H14ClN5O/c1-7-2-3-8-10(15-7)17(9(6-12)16-8)5-4-14-11(13)18/h2-3H,4-6H2,1H3,(H3,13,14,18). The number of imidazole rings is 1. The maximum Gasteiger partial charge on any atom is 0.312 e. The van der Waals surface area contributed by atoms with Crippen molar-refractivity contribution in [3.63, 3.8) is 0 Å². The number of nitrogens with two attached hydrogens (primary N) is 1. The van der Waals surface area contributed by atoms with Gasteiger partial charge in [0.15, 0.2) is 5.65 Å². The molecule has 0 spiro atoms. The van der Waals surface area contributed by atoms with E-state index >= 15 is 0 Å². The van der Waals surface area contributed by atoms with Gasteiger partial charge in [-0.1, -0.05) is 0 Å². The maximum absolute atomic E-state index is 10.6. The number of aromatic nitrogens is 3. The molecule has 6 nitrogen and oxygen atoms in total. The fraction of sp³-hybridized carbons (Fsp3) is 0.364. The molecule has 0 fully saturated rings. The topological polar surface area (TPSA) is 85.8 Å². The first-order valence-corrected chi connectivity index (χ1v) is 6.07. The fourth-order valence-electron chi connectivity index (χ4n) is 1.77. The Morgan fingerprint density at radius 3 is 2.94 bits per heavy atom. The van der Waals surface area contributed by atoms with Crippen LogP contribution >= 0.6 is 11.6 Å². The summed E-state index contributed by atoms with van der Waals surface area (Å²) in [6.45, 7) is 2.87. The third kappa shape index (κ3) is 2.53. The lowest BCUT2D eigenvalue weighted by atomic mass is 10.3. The van der Waals surface area contributed by atoms with Crippen LogP contribution in [0.4, 0.5) is 4.79 Å². The highest BCUT2D eigenvalue weighted by Crippen LogP contribution is 2.16. The number of aryl methyl sites for hydroxylation is 1. The fourth-order valence-corrected chi connectivity index (χ4v) is 1.98. The van der Waals surface area contributed by atoms with E-state index in [1.165, 1.54) is 0 Å². The molecular formula is C11H14ClN5O. The third-order valence-electron chi connectivity index (χ3n) is 2.56. The summed E-state index contributed by atoms with van der Waals surface area (Å²) in [6.07, 6.45) is 0. The van der Waals surface area contributed by atoms with Gasteiger partial charge < -0.3 is 15.6 Å². The average molecular weight is 268 g/mol. The van der Waals surface area contributed by atoms with Crippen LogP contribution in [-0.4, -0.2) is 27.1 Å². The zero-order chi connectivity index (χ0) is 13.1. The molecule has 2 aromatic heterocycles. The first-order chi connectivity index (χ1) is 8.61. The van der Waals surface area contributed by atoms with Crippen LogP contribution in [0.1, 0.15) is 11.5 Å². The number of nitrogens with zero attached hydrogens (tertiary/aromatic N) is 3. The molecule has 0 aliphatic carbocycles. The molecule has 7 heteroatoms. The smallest absolute Gasteiger partial charge is 0.312 e. The van der Waals surface area contributed by atoms with Crippen LogP contribution < -0.4 is 11.1 Å². The third-order valence-corrected chi connectivity index (χ3v) is 2.80. The highest BCUT2D eigenvalue weighted by molar-refractivity contribution is 6.16. The molecule has 2 rings (SSSR count). The number of pyridine rings is 1. The van der Waals surface area contributed by atoms with E-state index in [2.05, 4.69) is 15.3 Å². The number of rotatable bonds is 4. The Morgan fingerprint density at radius 2 is 2.28 bits per heavy atom. The Balaban J connectivity index is 2.33. The van der Waals surface area contributed by atoms with Gasteiger partial charge in [-0.05, 0) is 19.1 Å². The first-order valence-electron chi connectivity index (χ1n) is 5.54. The minimum atomic E-state index is -0.545. The number of carbonyl (C=O) groups excluding carboxylic acids is 1. The molecule has 0 atom stereocenters. The Kier molecular flexibility index (Phi) is 3.66. The van der Waals surface area contributed by atoms with E-state index in [0.29, 0.717) is 19.0 Å². The number of primary amides is 1. The number of hydrogen-bond donors (Lipinski definition) is 2. The molecule has 2 heterocycles. The number of nitrogens with one attached hydrogen (secondary N) is 1. The SMILES string of the molecule is Cc1ccc2nc(CCl)n(CCNC(N)=O)c2n1. The van der Waals surface area contributed by atoms with Gasteiger partial charge in [0.05, 0.1) is 5.88 Å². The van der Waals surface area contributed by atoms with Crippen LogP contribution in [0, 0.1) is 6.92 Å². The normalized spacial score (nSPS) is 10.8. The Bertz CT molecular complexity index is 580. The molecule has 2 aromatic rings. The molecule has 0 bridgehead atoms. The largest absolute Gasteiger partial charge is 0.352 e. The molecule has 0 aliphatic rings. The molecular weight excluding hydrogens is 254 g/mol. The number of alkyl halides is 1. The molecule has 0 aromatic carbocycles. The van der Waals surface area contributed by atoms with Gasteiger partial charge in [-0.2, -0.15) is 0 Å². The van der Waals surface area contributed by atoms with Gasteiger partial charge in [0.1, 0.15) is 11.3 Å². The number of carbonyl (C=O) groups is 1. The van der Waals surface area contributed by atoms with Crippen LogP contribution in [0.25, 0.3) is 11.2 Å². The molecule has 0 unspecified atom stereocenters. The van der Waals surface area contributed by atoms with Gasteiger partial charge in [-0.25, -0.2) is 14.8 Å². The number of fused-ring (bicyclic) bond motifs is 1. The zero-order valence-corrected chi connectivity index (χ0v) is 10.7. The highest BCUT2D eigenvalue weighted by atomic mass is 35.5. The van der Waals surface area contributed by atoms with E-state index in [1.54, 1.807) is 0 Å². The quantitative estimate of drug-likeness (QED) is 0.815. The van der Waals surface area contributed by atoms with Crippen LogP contribution in [0.15, 0.2) is 12.1 Å². The van der Waals surface area contributed by atoms with E-state index in [4.69, 9.17) is 17.3 Å². The monoisotopic (exact) mass is 267 g/mol. The lowest BCUT2D eigenvalue weighted by Gasteiger charge is -2.07. The summed E-state index contributed by atoms with van der Waals surface area (Å²) in [5.41, 5.74) is 7.51. The van der Waals surface area contributed by atoms with Gasteiger partial charge in [0.2, 0.25) is 0 Å². The molecule has 0 saturated heterocycles. The summed E-state index contributed by atoms with van der Waals surface area (Å²) in [7, 11) is 0. The van der Waals surface area contributed by atoms with Gasteiger partial charge in [-0.15, -0.1) is 11.6 Å². The second-order valence-electron chi connectivity index (χ2n) is 3.90. The van der Waals surface area contributed by atoms with Gasteiger partial charge in [0, 0.05) is 18.8 Å². The molecule has 0 saturated carbocycles. The van der Waals surface area contributed by atoms with Crippen molar-refractivity contribution in [3.05, 3.63) is 23.7 Å². The van der Waals surface area contributed by atoms with Crippen molar-refractivity contribution in [1.82, 2.24) is 19.9 Å². The van der Waals surface area contributed by atoms with E-state index < -0.39 is 6.03 Å². The summed E-state index contributed by atoms with van der Waals surface area (Å²) in [5.74, 6) is 1.03. The van der Waals surface area contributed by atoms with Crippen molar-refractivity contribution in [2.75, 3.05) is 6.54 Å². The van der Waals surface area contributed by atoms with Crippen molar-refractivity contribution in [3.8, 4) is 0 Å². The zero-order valence-electron chi connectivity index (χ0n) is 9.98. The molecule has 96 valence electrons. The predicted molar refractivity (Wildman–Crippen MR) is 69.4 cm³/mol. The summed E-state index contributed by atoms with van der Waals surface area (Å²) in [6, 6.07) is 3.27. The molecule has 0 radical (unpaired) electrons.